The molecule has 6 heavy (non-hydrogen) atoms. The van der Waals surface area contributed by atoms with Crippen LogP contribution in [0.4, 0.5) is 0 Å². The van der Waals surface area contributed by atoms with Gasteiger partial charge in [0.2, 0.25) is 0 Å². The van der Waals surface area contributed by atoms with E-state index in [9.17, 15) is 0 Å². The van der Waals surface area contributed by atoms with Gasteiger partial charge in [-0.05, 0) is 0 Å². The van der Waals surface area contributed by atoms with Crippen LogP contribution in [0.5, 0.6) is 0 Å². The maximum Gasteiger partial charge on any atom is 2.00 e. The quantitative estimate of drug-likeness (QED) is 0.439. The molecule has 0 saturated heterocycles. The van der Waals surface area contributed by atoms with Gasteiger partial charge in [-0.25, -0.2) is 0 Å². The SMILES string of the molecule is O.O.[Fe+2].[Mo].[OH-].[OH-]. The van der Waals surface area contributed by atoms with Crippen LogP contribution in [-0.4, -0.2) is 21.9 Å². The number of rotatable bonds is 0. The van der Waals surface area contributed by atoms with Crippen LogP contribution in [-0.2, 0) is 38.1 Å². The molecule has 4 nitrogen and oxygen atoms in total. The van der Waals surface area contributed by atoms with Crippen molar-refractivity contribution in [2.45, 2.75) is 0 Å². The van der Waals surface area contributed by atoms with E-state index < -0.39 is 0 Å². The van der Waals surface area contributed by atoms with E-state index in [1.807, 2.05) is 0 Å². The van der Waals surface area contributed by atoms with Gasteiger partial charge in [0.1, 0.15) is 0 Å². The van der Waals surface area contributed by atoms with E-state index in [0.29, 0.717) is 0 Å². The molecule has 0 unspecified atom stereocenters. The number of hydrogen-bond acceptors (Lipinski definition) is 2. The molecule has 0 spiro atoms. The molecule has 0 bridgehead atoms. The monoisotopic (exact) mass is 224 g/mol. The molecule has 0 saturated carbocycles. The molecule has 6 N–H and O–H groups in total. The van der Waals surface area contributed by atoms with Crippen molar-refractivity contribution in [3.63, 3.8) is 0 Å². The van der Waals surface area contributed by atoms with Crippen molar-refractivity contribution in [3.8, 4) is 0 Å². The van der Waals surface area contributed by atoms with Gasteiger partial charge < -0.3 is 21.9 Å². The zero-order chi connectivity index (χ0) is 0. The maximum atomic E-state index is 0. The molecular weight excluding hydrogens is 216 g/mol. The molecule has 6 heteroatoms. The molecule has 0 radical (unpaired) electrons. The molecule has 0 aliphatic heterocycles. The van der Waals surface area contributed by atoms with E-state index >= 15 is 0 Å². The number of hydrogen-bond donors (Lipinski definition) is 0. The van der Waals surface area contributed by atoms with Crippen molar-refractivity contribution in [3.05, 3.63) is 0 Å². The third-order valence-electron chi connectivity index (χ3n) is 0. The Labute approximate surface area is 60.3 Å². The fourth-order valence-corrected chi connectivity index (χ4v) is 0. The summed E-state index contributed by atoms with van der Waals surface area (Å²) in [4.78, 5) is 0. The summed E-state index contributed by atoms with van der Waals surface area (Å²) < 4.78 is 0. The summed E-state index contributed by atoms with van der Waals surface area (Å²) >= 11 is 0. The van der Waals surface area contributed by atoms with Crippen molar-refractivity contribution < 1.29 is 60.0 Å². The predicted octanol–water partition coefficient (Wildman–Crippen LogP) is -2.01. The molecule has 0 aromatic rings. The van der Waals surface area contributed by atoms with Crippen LogP contribution in [0.25, 0.3) is 0 Å². The van der Waals surface area contributed by atoms with Crippen molar-refractivity contribution in [1.82, 2.24) is 0 Å². The van der Waals surface area contributed by atoms with Crippen molar-refractivity contribution in [2.24, 2.45) is 0 Å². The van der Waals surface area contributed by atoms with Crippen LogP contribution in [0, 0.1) is 0 Å². The zero-order valence-corrected chi connectivity index (χ0v) is 5.77. The Hall–Kier alpha value is 1.05. The summed E-state index contributed by atoms with van der Waals surface area (Å²) in [6.45, 7) is 0. The Morgan fingerprint density at radius 3 is 0.667 bits per heavy atom. The van der Waals surface area contributed by atoms with Gasteiger partial charge in [-0.15, -0.1) is 0 Å². The fraction of sp³-hybridized carbons (Fsp3) is 0. The van der Waals surface area contributed by atoms with E-state index in [1.54, 1.807) is 0 Å². The predicted molar refractivity (Wildman–Crippen MR) is 11.1 cm³/mol. The van der Waals surface area contributed by atoms with Gasteiger partial charge in [0, 0.05) is 21.1 Å². The first-order valence-electron chi connectivity index (χ1n) is 0. The van der Waals surface area contributed by atoms with E-state index in [4.69, 9.17) is 0 Å². The first-order valence-corrected chi connectivity index (χ1v) is 0. The van der Waals surface area contributed by atoms with Crippen molar-refractivity contribution >= 4 is 0 Å². The second kappa shape index (κ2) is 140. The van der Waals surface area contributed by atoms with Crippen molar-refractivity contribution in [1.29, 1.82) is 0 Å². The second-order valence-electron chi connectivity index (χ2n) is 0. The summed E-state index contributed by atoms with van der Waals surface area (Å²) in [6, 6.07) is 0. The minimum Gasteiger partial charge on any atom is -0.870 e. The zero-order valence-electron chi connectivity index (χ0n) is 2.66. The van der Waals surface area contributed by atoms with Crippen LogP contribution in [0.2, 0.25) is 0 Å². The van der Waals surface area contributed by atoms with E-state index in [0.717, 1.165) is 0 Å². The molecule has 0 aromatic heterocycles. The topological polar surface area (TPSA) is 123 Å². The van der Waals surface area contributed by atoms with Gasteiger partial charge in [0.15, 0.2) is 0 Å². The smallest absolute Gasteiger partial charge is 0.870 e. The fourth-order valence-electron chi connectivity index (χ4n) is 0. The normalized spacial score (nSPS) is 0. The Bertz CT molecular complexity index is 7.51. The van der Waals surface area contributed by atoms with Crippen molar-refractivity contribution in [2.75, 3.05) is 0 Å². The minimum atomic E-state index is 0. The molecule has 44 valence electrons. The molecule has 0 atom stereocenters. The Balaban J connectivity index is 0. The van der Waals surface area contributed by atoms with Gasteiger partial charge in [-0.1, -0.05) is 0 Å². The molecule has 0 amide bonds. The molecule has 0 fully saturated rings. The largest absolute Gasteiger partial charge is 2.00 e. The third-order valence-corrected chi connectivity index (χ3v) is 0. The summed E-state index contributed by atoms with van der Waals surface area (Å²) in [7, 11) is 0. The molecule has 0 rings (SSSR count). The average Bonchev–Trinajstić information content (AvgIpc) is 0. The van der Waals surface area contributed by atoms with E-state index in [2.05, 4.69) is 0 Å². The van der Waals surface area contributed by atoms with Gasteiger partial charge in [0.25, 0.3) is 0 Å². The summed E-state index contributed by atoms with van der Waals surface area (Å²) in [5.41, 5.74) is 0. The Morgan fingerprint density at radius 2 is 0.667 bits per heavy atom. The average molecular weight is 222 g/mol. The maximum absolute atomic E-state index is 0. The molecular formula is H6FeMoO4. The van der Waals surface area contributed by atoms with Gasteiger partial charge in [0.05, 0.1) is 0 Å². The van der Waals surface area contributed by atoms with E-state index in [1.165, 1.54) is 0 Å². The summed E-state index contributed by atoms with van der Waals surface area (Å²) in [5, 5.41) is 0. The first kappa shape index (κ1) is 235. The van der Waals surface area contributed by atoms with Gasteiger partial charge in [-0.2, -0.15) is 0 Å². The minimum absolute atomic E-state index is 0. The summed E-state index contributed by atoms with van der Waals surface area (Å²) in [5.74, 6) is 0. The van der Waals surface area contributed by atoms with Crippen LogP contribution in [0.15, 0.2) is 0 Å². The molecule has 0 aliphatic carbocycles. The van der Waals surface area contributed by atoms with E-state index in [-0.39, 0.29) is 60.0 Å². The third kappa shape index (κ3) is 75.3. The second-order valence-corrected chi connectivity index (χ2v) is 0. The van der Waals surface area contributed by atoms with Crippen LogP contribution >= 0.6 is 0 Å². The molecule has 0 aromatic carbocycles. The van der Waals surface area contributed by atoms with Crippen LogP contribution < -0.4 is 0 Å². The first-order chi connectivity index (χ1) is 0. The van der Waals surface area contributed by atoms with Crippen LogP contribution in [0.1, 0.15) is 0 Å². The van der Waals surface area contributed by atoms with Gasteiger partial charge >= 0.3 is 17.1 Å². The summed E-state index contributed by atoms with van der Waals surface area (Å²) in [6.07, 6.45) is 0. The van der Waals surface area contributed by atoms with Gasteiger partial charge in [-0.3, -0.25) is 0 Å². The Morgan fingerprint density at radius 1 is 0.667 bits per heavy atom. The molecule has 0 aliphatic rings. The Kier molecular flexibility index (Phi) is 5490. The standard InChI is InChI=1S/Fe.Mo.4H2O/h;;4*1H2/q+2;;;;;/p-2. The van der Waals surface area contributed by atoms with Crippen LogP contribution in [0.3, 0.4) is 0 Å². The molecule has 0 heterocycles.